The van der Waals surface area contributed by atoms with Gasteiger partial charge in [0.2, 0.25) is 5.91 Å². The number of nitrogens with zero attached hydrogens (tertiary/aromatic N) is 3. The average Bonchev–Trinajstić information content (AvgIpc) is 3.00. The van der Waals surface area contributed by atoms with E-state index < -0.39 is 17.5 Å². The zero-order valence-electron chi connectivity index (χ0n) is 11.8. The molecule has 0 aliphatic heterocycles. The molecule has 3 aromatic rings. The molecule has 0 spiro atoms. The van der Waals surface area contributed by atoms with Crippen molar-refractivity contribution in [1.29, 1.82) is 0 Å². The number of H-pyrrole nitrogens is 1. The van der Waals surface area contributed by atoms with Crippen molar-refractivity contribution in [3.05, 3.63) is 60.1 Å². The number of benzene rings is 1. The lowest BCUT2D eigenvalue weighted by molar-refractivity contribution is -0.115. The number of carbonyl (C=O) groups is 1. The Kier molecular flexibility index (Phi) is 4.05. The van der Waals surface area contributed by atoms with Crippen molar-refractivity contribution in [3.63, 3.8) is 0 Å². The summed E-state index contributed by atoms with van der Waals surface area (Å²) in [4.78, 5) is 20.2. The minimum atomic E-state index is -1.03. The van der Waals surface area contributed by atoms with Crippen LogP contribution in [0.3, 0.4) is 0 Å². The highest BCUT2D eigenvalue weighted by molar-refractivity contribution is 5.91. The number of aromatic nitrogens is 4. The van der Waals surface area contributed by atoms with Crippen LogP contribution in [0.2, 0.25) is 0 Å². The molecule has 2 N–H and O–H groups in total. The van der Waals surface area contributed by atoms with Crippen LogP contribution >= 0.6 is 0 Å². The number of aromatic amines is 1. The highest BCUT2D eigenvalue weighted by atomic mass is 19.2. The maximum absolute atomic E-state index is 13.1. The fourth-order valence-electron chi connectivity index (χ4n) is 1.92. The van der Waals surface area contributed by atoms with Crippen molar-refractivity contribution in [2.45, 2.75) is 6.42 Å². The third kappa shape index (κ3) is 3.54. The smallest absolute Gasteiger partial charge is 0.232 e. The van der Waals surface area contributed by atoms with Crippen LogP contribution in [0, 0.1) is 11.6 Å². The van der Waals surface area contributed by atoms with E-state index in [2.05, 4.69) is 25.5 Å². The van der Waals surface area contributed by atoms with Gasteiger partial charge in [0.15, 0.2) is 17.5 Å². The fourth-order valence-corrected chi connectivity index (χ4v) is 1.92. The van der Waals surface area contributed by atoms with E-state index in [-0.39, 0.29) is 12.1 Å². The van der Waals surface area contributed by atoms with Gasteiger partial charge in [-0.25, -0.2) is 13.8 Å². The fraction of sp³-hybridized carbons (Fsp3) is 0.0667. The van der Waals surface area contributed by atoms with Crippen LogP contribution in [0.25, 0.3) is 11.5 Å². The minimum absolute atomic E-state index is 0.0845. The molecule has 3 rings (SSSR count). The predicted molar refractivity (Wildman–Crippen MR) is 78.3 cm³/mol. The molecule has 2 aromatic heterocycles. The Bertz CT molecular complexity index is 835. The molecular weight excluding hydrogens is 304 g/mol. The number of rotatable bonds is 4. The van der Waals surface area contributed by atoms with Gasteiger partial charge < -0.3 is 5.32 Å². The topological polar surface area (TPSA) is 83.6 Å². The van der Waals surface area contributed by atoms with Crippen molar-refractivity contribution in [3.8, 4) is 11.5 Å². The maximum Gasteiger partial charge on any atom is 0.232 e. The number of pyridine rings is 1. The molecule has 1 amide bonds. The number of anilines is 1. The molecule has 8 heteroatoms. The highest BCUT2D eigenvalue weighted by Gasteiger charge is 2.11. The van der Waals surface area contributed by atoms with Gasteiger partial charge in [0.25, 0.3) is 0 Å². The summed E-state index contributed by atoms with van der Waals surface area (Å²) in [7, 11) is 0. The lowest BCUT2D eigenvalue weighted by Crippen LogP contribution is -2.15. The van der Waals surface area contributed by atoms with Gasteiger partial charge in [-0.2, -0.15) is 5.10 Å². The molecule has 0 atom stereocenters. The van der Waals surface area contributed by atoms with Crippen molar-refractivity contribution >= 4 is 11.6 Å². The Morgan fingerprint density at radius 3 is 2.78 bits per heavy atom. The Morgan fingerprint density at radius 2 is 2.04 bits per heavy atom. The highest BCUT2D eigenvalue weighted by Crippen LogP contribution is 2.14. The van der Waals surface area contributed by atoms with E-state index in [0.717, 1.165) is 12.1 Å². The normalized spacial score (nSPS) is 10.5. The van der Waals surface area contributed by atoms with E-state index in [1.54, 1.807) is 24.4 Å². The molecule has 1 aromatic carbocycles. The molecule has 0 aliphatic carbocycles. The van der Waals surface area contributed by atoms with Gasteiger partial charge in [-0.3, -0.25) is 14.9 Å². The van der Waals surface area contributed by atoms with Gasteiger partial charge >= 0.3 is 0 Å². The molecule has 6 nitrogen and oxygen atoms in total. The summed E-state index contributed by atoms with van der Waals surface area (Å²) >= 11 is 0. The van der Waals surface area contributed by atoms with Gasteiger partial charge in [0.05, 0.1) is 6.42 Å². The maximum atomic E-state index is 13.1. The molecule has 23 heavy (non-hydrogen) atoms. The summed E-state index contributed by atoms with van der Waals surface area (Å²) in [6.45, 7) is 0. The third-order valence-electron chi connectivity index (χ3n) is 2.96. The molecule has 116 valence electrons. The second kappa shape index (κ2) is 6.30. The SMILES string of the molecule is O=C(Cc1nc(-c2ccccn2)n[nH]1)Nc1ccc(F)c(F)c1. The van der Waals surface area contributed by atoms with Crippen LogP contribution in [0.5, 0.6) is 0 Å². The number of nitrogens with one attached hydrogen (secondary N) is 2. The number of hydrogen-bond acceptors (Lipinski definition) is 4. The first-order valence-electron chi connectivity index (χ1n) is 6.69. The van der Waals surface area contributed by atoms with Crippen molar-refractivity contribution < 1.29 is 13.6 Å². The Hall–Kier alpha value is -3.16. The second-order valence-corrected chi connectivity index (χ2v) is 4.67. The number of amides is 1. The Morgan fingerprint density at radius 1 is 1.17 bits per heavy atom. The van der Waals surface area contributed by atoms with Crippen molar-refractivity contribution in [2.24, 2.45) is 0 Å². The second-order valence-electron chi connectivity index (χ2n) is 4.67. The first-order chi connectivity index (χ1) is 11.1. The van der Waals surface area contributed by atoms with Crippen LogP contribution in [0.1, 0.15) is 5.82 Å². The predicted octanol–water partition coefficient (Wildman–Crippen LogP) is 2.33. The standard InChI is InChI=1S/C15H11F2N5O/c16-10-5-4-9(7-11(10)17)19-14(23)8-13-20-15(22-21-13)12-3-1-2-6-18-12/h1-7H,8H2,(H,19,23)(H,20,21,22). The largest absolute Gasteiger partial charge is 0.326 e. The molecule has 0 radical (unpaired) electrons. The molecule has 2 heterocycles. The van der Waals surface area contributed by atoms with Crippen LogP contribution in [-0.2, 0) is 11.2 Å². The molecule has 0 aliphatic rings. The van der Waals surface area contributed by atoms with E-state index >= 15 is 0 Å². The van der Waals surface area contributed by atoms with Crippen LogP contribution < -0.4 is 5.32 Å². The zero-order valence-corrected chi connectivity index (χ0v) is 11.8. The lowest BCUT2D eigenvalue weighted by atomic mass is 10.3. The van der Waals surface area contributed by atoms with E-state index in [4.69, 9.17) is 0 Å². The van der Waals surface area contributed by atoms with E-state index in [1.807, 2.05) is 0 Å². The molecule has 0 bridgehead atoms. The number of halogens is 2. The summed E-state index contributed by atoms with van der Waals surface area (Å²) in [5.74, 6) is -1.72. The monoisotopic (exact) mass is 315 g/mol. The quantitative estimate of drug-likeness (QED) is 0.774. The van der Waals surface area contributed by atoms with Gasteiger partial charge in [-0.15, -0.1) is 0 Å². The van der Waals surface area contributed by atoms with Crippen molar-refractivity contribution in [1.82, 2.24) is 20.2 Å². The first-order valence-corrected chi connectivity index (χ1v) is 6.69. The zero-order chi connectivity index (χ0) is 16.2. The van der Waals surface area contributed by atoms with Gasteiger partial charge in [0.1, 0.15) is 11.5 Å². The molecule has 0 saturated heterocycles. The van der Waals surface area contributed by atoms with E-state index in [0.29, 0.717) is 17.3 Å². The lowest BCUT2D eigenvalue weighted by Gasteiger charge is -2.04. The minimum Gasteiger partial charge on any atom is -0.326 e. The Balaban J connectivity index is 1.66. The third-order valence-corrected chi connectivity index (χ3v) is 2.96. The van der Waals surface area contributed by atoms with E-state index in [9.17, 15) is 13.6 Å². The number of hydrogen-bond donors (Lipinski definition) is 2. The summed E-state index contributed by atoms with van der Waals surface area (Å²) in [6.07, 6.45) is 1.53. The summed E-state index contributed by atoms with van der Waals surface area (Å²) in [5.41, 5.74) is 0.745. The number of carbonyl (C=O) groups excluding carboxylic acids is 1. The van der Waals surface area contributed by atoms with Gasteiger partial charge in [-0.1, -0.05) is 6.07 Å². The summed E-state index contributed by atoms with van der Waals surface area (Å²) in [5, 5.41) is 9.09. The first kappa shape index (κ1) is 14.8. The van der Waals surface area contributed by atoms with Gasteiger partial charge in [-0.05, 0) is 24.3 Å². The van der Waals surface area contributed by atoms with E-state index in [1.165, 1.54) is 6.07 Å². The molecule has 0 unspecified atom stereocenters. The van der Waals surface area contributed by atoms with Crippen molar-refractivity contribution in [2.75, 3.05) is 5.32 Å². The van der Waals surface area contributed by atoms with Crippen LogP contribution in [0.15, 0.2) is 42.6 Å². The van der Waals surface area contributed by atoms with Crippen LogP contribution in [-0.4, -0.2) is 26.1 Å². The Labute approximate surface area is 129 Å². The van der Waals surface area contributed by atoms with Gasteiger partial charge in [0, 0.05) is 18.0 Å². The molecular formula is C15H11F2N5O. The molecule has 0 fully saturated rings. The molecule has 0 saturated carbocycles. The van der Waals surface area contributed by atoms with Crippen LogP contribution in [0.4, 0.5) is 14.5 Å². The summed E-state index contributed by atoms with van der Waals surface area (Å²) in [6, 6.07) is 8.44. The average molecular weight is 315 g/mol. The summed E-state index contributed by atoms with van der Waals surface area (Å²) < 4.78 is 25.9.